The normalized spacial score (nSPS) is 21.8. The van der Waals surface area contributed by atoms with Gasteiger partial charge in [0, 0.05) is 6.20 Å². The van der Waals surface area contributed by atoms with Crippen LogP contribution in [0.1, 0.15) is 23.0 Å². The Morgan fingerprint density at radius 3 is 2.89 bits per heavy atom. The largest absolute Gasteiger partial charge is 0.476 e. The molecule has 3 heterocycles. The Kier molecular flexibility index (Phi) is 2.56. The maximum atomic E-state index is 11.5. The van der Waals surface area contributed by atoms with Crippen LogP contribution in [0.3, 0.4) is 0 Å². The van der Waals surface area contributed by atoms with Crippen LogP contribution < -0.4 is 0 Å². The molecule has 1 fully saturated rings. The quantitative estimate of drug-likeness (QED) is 0.859. The molecule has 3 rings (SSSR count). The summed E-state index contributed by atoms with van der Waals surface area (Å²) in [7, 11) is -3.06. The number of carbonyl (C=O) groups is 1. The van der Waals surface area contributed by atoms with Crippen LogP contribution in [0, 0.1) is 0 Å². The van der Waals surface area contributed by atoms with Gasteiger partial charge in [0.2, 0.25) is 0 Å². The molecule has 100 valence electrons. The SMILES string of the molecule is O=C(O)c1nn(C2CCS(=O)(=O)C2)c2ncccc12. The second-order valence-corrected chi connectivity index (χ2v) is 6.76. The molecule has 0 aromatic carbocycles. The lowest BCUT2D eigenvalue weighted by Crippen LogP contribution is -2.13. The minimum atomic E-state index is -3.06. The zero-order valence-corrected chi connectivity index (χ0v) is 10.7. The fraction of sp³-hybridized carbons (Fsp3) is 0.364. The molecule has 1 saturated heterocycles. The number of carboxylic acids is 1. The molecule has 0 bridgehead atoms. The highest BCUT2D eigenvalue weighted by atomic mass is 32.2. The van der Waals surface area contributed by atoms with Crippen LogP contribution in [0.15, 0.2) is 18.3 Å². The summed E-state index contributed by atoms with van der Waals surface area (Å²) >= 11 is 0. The highest BCUT2D eigenvalue weighted by molar-refractivity contribution is 7.91. The summed E-state index contributed by atoms with van der Waals surface area (Å²) < 4.78 is 24.5. The first kappa shape index (κ1) is 12.1. The highest BCUT2D eigenvalue weighted by Crippen LogP contribution is 2.27. The average Bonchev–Trinajstić information content (AvgIpc) is 2.89. The number of sulfone groups is 1. The molecule has 7 nitrogen and oxygen atoms in total. The smallest absolute Gasteiger partial charge is 0.357 e. The number of pyridine rings is 1. The van der Waals surface area contributed by atoms with Crippen molar-refractivity contribution < 1.29 is 18.3 Å². The second-order valence-electron chi connectivity index (χ2n) is 4.53. The van der Waals surface area contributed by atoms with Crippen LogP contribution >= 0.6 is 0 Å². The molecule has 1 unspecified atom stereocenters. The Bertz CT molecular complexity index is 765. The van der Waals surface area contributed by atoms with Gasteiger partial charge in [-0.2, -0.15) is 5.10 Å². The summed E-state index contributed by atoms with van der Waals surface area (Å²) in [4.78, 5) is 15.3. The predicted molar refractivity (Wildman–Crippen MR) is 66.8 cm³/mol. The zero-order chi connectivity index (χ0) is 13.6. The maximum absolute atomic E-state index is 11.5. The number of nitrogens with zero attached hydrogens (tertiary/aromatic N) is 3. The fourth-order valence-corrected chi connectivity index (χ4v) is 4.05. The summed E-state index contributed by atoms with van der Waals surface area (Å²) in [5.41, 5.74) is 0.328. The van der Waals surface area contributed by atoms with Crippen molar-refractivity contribution in [1.82, 2.24) is 14.8 Å². The van der Waals surface area contributed by atoms with Gasteiger partial charge in [0.15, 0.2) is 21.2 Å². The van der Waals surface area contributed by atoms with Gasteiger partial charge >= 0.3 is 5.97 Å². The lowest BCUT2D eigenvalue weighted by atomic mass is 10.2. The van der Waals surface area contributed by atoms with Gasteiger partial charge in [-0.3, -0.25) is 0 Å². The summed E-state index contributed by atoms with van der Waals surface area (Å²) in [5.74, 6) is -1.05. The van der Waals surface area contributed by atoms with Gasteiger partial charge in [-0.25, -0.2) is 22.9 Å². The number of fused-ring (bicyclic) bond motifs is 1. The molecule has 0 amide bonds. The zero-order valence-electron chi connectivity index (χ0n) is 9.85. The Hall–Kier alpha value is -1.96. The van der Waals surface area contributed by atoms with Crippen molar-refractivity contribution in [2.45, 2.75) is 12.5 Å². The van der Waals surface area contributed by atoms with E-state index < -0.39 is 15.8 Å². The topological polar surface area (TPSA) is 102 Å². The third kappa shape index (κ3) is 1.97. The average molecular weight is 281 g/mol. The Balaban J connectivity index is 2.17. The maximum Gasteiger partial charge on any atom is 0.357 e. The second kappa shape index (κ2) is 4.02. The van der Waals surface area contributed by atoms with Gasteiger partial charge in [-0.15, -0.1) is 0 Å². The van der Waals surface area contributed by atoms with Crippen LogP contribution in [0.5, 0.6) is 0 Å². The number of carboxylic acid groups (broad SMARTS) is 1. The monoisotopic (exact) mass is 281 g/mol. The Morgan fingerprint density at radius 1 is 1.47 bits per heavy atom. The highest BCUT2D eigenvalue weighted by Gasteiger charge is 2.32. The van der Waals surface area contributed by atoms with E-state index in [1.165, 1.54) is 10.9 Å². The number of hydrogen-bond acceptors (Lipinski definition) is 5. The standard InChI is InChI=1S/C11H11N3O4S/c15-11(16)9-8-2-1-4-12-10(8)14(13-9)7-3-5-19(17,18)6-7/h1-2,4,7H,3,5-6H2,(H,15,16). The summed E-state index contributed by atoms with van der Waals surface area (Å²) in [6.07, 6.45) is 1.98. The van der Waals surface area contributed by atoms with E-state index in [1.807, 2.05) is 0 Å². The van der Waals surface area contributed by atoms with Gasteiger partial charge in [0.25, 0.3) is 0 Å². The van der Waals surface area contributed by atoms with E-state index in [-0.39, 0.29) is 23.2 Å². The van der Waals surface area contributed by atoms with E-state index in [0.29, 0.717) is 17.5 Å². The molecule has 1 aliphatic rings. The lowest BCUT2D eigenvalue weighted by Gasteiger charge is -2.08. The number of rotatable bonds is 2. The van der Waals surface area contributed by atoms with E-state index in [1.54, 1.807) is 12.1 Å². The van der Waals surface area contributed by atoms with Crippen molar-refractivity contribution in [1.29, 1.82) is 0 Å². The molecular weight excluding hydrogens is 270 g/mol. The molecule has 8 heteroatoms. The van der Waals surface area contributed by atoms with Crippen LogP contribution in [-0.4, -0.2) is 45.8 Å². The van der Waals surface area contributed by atoms with Crippen LogP contribution in [0.2, 0.25) is 0 Å². The van der Waals surface area contributed by atoms with E-state index >= 15 is 0 Å². The minimum absolute atomic E-state index is 0.0145. The molecular formula is C11H11N3O4S. The molecule has 2 aromatic rings. The van der Waals surface area contributed by atoms with Gasteiger partial charge in [-0.1, -0.05) is 0 Å². The first-order valence-electron chi connectivity index (χ1n) is 5.75. The lowest BCUT2D eigenvalue weighted by molar-refractivity contribution is 0.0691. The van der Waals surface area contributed by atoms with Crippen molar-refractivity contribution in [3.63, 3.8) is 0 Å². The molecule has 1 N–H and O–H groups in total. The van der Waals surface area contributed by atoms with Crippen molar-refractivity contribution in [3.8, 4) is 0 Å². The molecule has 1 aliphatic heterocycles. The third-order valence-corrected chi connectivity index (χ3v) is 4.97. The van der Waals surface area contributed by atoms with Crippen molar-refractivity contribution in [2.24, 2.45) is 0 Å². The van der Waals surface area contributed by atoms with Crippen LogP contribution in [0.25, 0.3) is 11.0 Å². The molecule has 0 aliphatic carbocycles. The summed E-state index contributed by atoms with van der Waals surface area (Å²) in [6.45, 7) is 0. The number of aromatic nitrogens is 3. The Labute approximate surface area is 108 Å². The van der Waals surface area contributed by atoms with Crippen LogP contribution in [-0.2, 0) is 9.84 Å². The summed E-state index contributed by atoms with van der Waals surface area (Å²) in [5, 5.41) is 13.6. The first-order valence-corrected chi connectivity index (χ1v) is 7.57. The summed E-state index contributed by atoms with van der Waals surface area (Å²) in [6, 6.07) is 2.92. The van der Waals surface area contributed by atoms with E-state index in [4.69, 9.17) is 5.11 Å². The van der Waals surface area contributed by atoms with Crippen molar-refractivity contribution >= 4 is 26.8 Å². The Morgan fingerprint density at radius 2 is 2.26 bits per heavy atom. The van der Waals surface area contributed by atoms with Crippen molar-refractivity contribution in [2.75, 3.05) is 11.5 Å². The predicted octanol–water partition coefficient (Wildman–Crippen LogP) is 0.489. The van der Waals surface area contributed by atoms with E-state index in [9.17, 15) is 13.2 Å². The molecule has 0 radical (unpaired) electrons. The molecule has 0 spiro atoms. The van der Waals surface area contributed by atoms with Gasteiger partial charge in [0.05, 0.1) is 22.9 Å². The van der Waals surface area contributed by atoms with E-state index in [2.05, 4.69) is 10.1 Å². The molecule has 19 heavy (non-hydrogen) atoms. The van der Waals surface area contributed by atoms with Crippen LogP contribution in [0.4, 0.5) is 0 Å². The van der Waals surface area contributed by atoms with Gasteiger partial charge in [-0.05, 0) is 18.6 Å². The van der Waals surface area contributed by atoms with Crippen molar-refractivity contribution in [3.05, 3.63) is 24.0 Å². The number of aromatic carboxylic acids is 1. The first-order chi connectivity index (χ1) is 8.98. The van der Waals surface area contributed by atoms with Gasteiger partial charge in [0.1, 0.15) is 0 Å². The van der Waals surface area contributed by atoms with Gasteiger partial charge < -0.3 is 5.11 Å². The molecule has 2 aromatic heterocycles. The fourth-order valence-electron chi connectivity index (χ4n) is 2.35. The number of hydrogen-bond donors (Lipinski definition) is 1. The molecule has 0 saturated carbocycles. The third-order valence-electron chi connectivity index (χ3n) is 3.22. The molecule has 1 atom stereocenters. The minimum Gasteiger partial charge on any atom is -0.476 e. The van der Waals surface area contributed by atoms with E-state index in [0.717, 1.165) is 0 Å².